The number of hydrogen-bond acceptors (Lipinski definition) is 3. The van der Waals surface area contributed by atoms with Crippen molar-refractivity contribution in [1.29, 1.82) is 0 Å². The molecule has 0 aliphatic carbocycles. The van der Waals surface area contributed by atoms with Crippen LogP contribution in [0.25, 0.3) is 0 Å². The Morgan fingerprint density at radius 1 is 1.23 bits per heavy atom. The van der Waals surface area contributed by atoms with E-state index in [0.717, 1.165) is 11.3 Å². The van der Waals surface area contributed by atoms with Crippen LogP contribution in [0.3, 0.4) is 0 Å². The summed E-state index contributed by atoms with van der Waals surface area (Å²) in [6.07, 6.45) is 3.47. The van der Waals surface area contributed by atoms with Gasteiger partial charge in [0.25, 0.3) is 0 Å². The van der Waals surface area contributed by atoms with Crippen LogP contribution in [0.4, 0.5) is 0 Å². The molecule has 0 radical (unpaired) electrons. The summed E-state index contributed by atoms with van der Waals surface area (Å²) in [7, 11) is 0. The highest BCUT2D eigenvalue weighted by molar-refractivity contribution is 6.02. The summed E-state index contributed by atoms with van der Waals surface area (Å²) in [5.41, 5.74) is 2.13. The van der Waals surface area contributed by atoms with Crippen molar-refractivity contribution in [2.45, 2.75) is 0 Å². The van der Waals surface area contributed by atoms with Crippen molar-refractivity contribution >= 4 is 5.71 Å². The Labute approximate surface area is 77.2 Å². The van der Waals surface area contributed by atoms with Gasteiger partial charge in [-0.3, -0.25) is 4.99 Å². The summed E-state index contributed by atoms with van der Waals surface area (Å²) in [4.78, 5) is 4.26. The second kappa shape index (κ2) is 3.41. The molecule has 2 rings (SSSR count). The topological polar surface area (TPSA) is 41.6 Å². The van der Waals surface area contributed by atoms with Crippen LogP contribution >= 0.6 is 0 Å². The van der Waals surface area contributed by atoms with E-state index in [1.165, 1.54) is 0 Å². The van der Waals surface area contributed by atoms with Gasteiger partial charge in [0.15, 0.2) is 0 Å². The predicted octanol–water partition coefficient (Wildman–Crippen LogP) is 1.14. The van der Waals surface area contributed by atoms with Crippen LogP contribution in [-0.4, -0.2) is 17.3 Å². The number of hydrogen-bond donors (Lipinski definition) is 1. The van der Waals surface area contributed by atoms with E-state index in [1.807, 2.05) is 30.3 Å². The maximum atomic E-state index is 5.63. The van der Waals surface area contributed by atoms with Crippen LogP contribution in [0.15, 0.2) is 47.7 Å². The molecule has 1 heterocycles. The number of hydrazine groups is 1. The van der Waals surface area contributed by atoms with Gasteiger partial charge in [-0.25, -0.2) is 5.84 Å². The third-order valence-corrected chi connectivity index (χ3v) is 1.93. The summed E-state index contributed by atoms with van der Waals surface area (Å²) >= 11 is 0. The largest absolute Gasteiger partial charge is 0.311 e. The maximum Gasteiger partial charge on any atom is 0.0764 e. The van der Waals surface area contributed by atoms with Crippen molar-refractivity contribution in [3.05, 3.63) is 48.3 Å². The standard InChI is InChI=1S/C10H11N3/c11-13-7-6-12-10(8-13)9-4-2-1-3-5-9/h1-7H,8,11H2. The molecule has 0 bridgehead atoms. The normalized spacial score (nSPS) is 15.8. The molecule has 1 aromatic rings. The highest BCUT2D eigenvalue weighted by Crippen LogP contribution is 2.05. The Kier molecular flexibility index (Phi) is 2.10. The Bertz CT molecular complexity index is 340. The average molecular weight is 173 g/mol. The van der Waals surface area contributed by atoms with Crippen LogP contribution < -0.4 is 5.84 Å². The summed E-state index contributed by atoms with van der Waals surface area (Å²) in [5, 5.41) is 1.62. The van der Waals surface area contributed by atoms with Gasteiger partial charge in [0.1, 0.15) is 0 Å². The van der Waals surface area contributed by atoms with Crippen LogP contribution in [0, 0.1) is 0 Å². The quantitative estimate of drug-likeness (QED) is 0.647. The van der Waals surface area contributed by atoms with Crippen LogP contribution in [-0.2, 0) is 0 Å². The zero-order valence-corrected chi connectivity index (χ0v) is 7.22. The van der Waals surface area contributed by atoms with Crippen LogP contribution in [0.2, 0.25) is 0 Å². The molecule has 1 aliphatic rings. The third-order valence-electron chi connectivity index (χ3n) is 1.93. The fourth-order valence-corrected chi connectivity index (χ4v) is 1.27. The van der Waals surface area contributed by atoms with E-state index in [2.05, 4.69) is 4.99 Å². The first-order valence-electron chi connectivity index (χ1n) is 4.16. The van der Waals surface area contributed by atoms with Gasteiger partial charge in [0, 0.05) is 12.4 Å². The van der Waals surface area contributed by atoms with E-state index in [4.69, 9.17) is 5.84 Å². The molecule has 0 saturated carbocycles. The minimum absolute atomic E-state index is 0.667. The van der Waals surface area contributed by atoms with E-state index in [9.17, 15) is 0 Å². The number of aliphatic imine (C=N–C) groups is 1. The van der Waals surface area contributed by atoms with Gasteiger partial charge in [-0.2, -0.15) is 0 Å². The molecular weight excluding hydrogens is 162 g/mol. The summed E-state index contributed by atoms with van der Waals surface area (Å²) in [6.45, 7) is 0.667. The van der Waals surface area contributed by atoms with Crippen LogP contribution in [0.1, 0.15) is 5.56 Å². The molecule has 0 fully saturated rings. The van der Waals surface area contributed by atoms with Crippen molar-refractivity contribution in [3.63, 3.8) is 0 Å². The maximum absolute atomic E-state index is 5.63. The molecule has 0 amide bonds. The first-order valence-corrected chi connectivity index (χ1v) is 4.16. The second-order valence-corrected chi connectivity index (χ2v) is 2.91. The van der Waals surface area contributed by atoms with Gasteiger partial charge in [0.2, 0.25) is 0 Å². The number of nitrogens with zero attached hydrogens (tertiary/aromatic N) is 2. The molecule has 13 heavy (non-hydrogen) atoms. The third kappa shape index (κ3) is 1.76. The van der Waals surface area contributed by atoms with Gasteiger partial charge >= 0.3 is 0 Å². The van der Waals surface area contributed by atoms with Crippen molar-refractivity contribution in [3.8, 4) is 0 Å². The highest BCUT2D eigenvalue weighted by Gasteiger charge is 2.07. The molecule has 1 aliphatic heterocycles. The van der Waals surface area contributed by atoms with Crippen molar-refractivity contribution in [2.75, 3.05) is 6.54 Å². The zero-order chi connectivity index (χ0) is 9.10. The fourth-order valence-electron chi connectivity index (χ4n) is 1.27. The van der Waals surface area contributed by atoms with Gasteiger partial charge in [-0.05, 0) is 5.56 Å². The number of rotatable bonds is 1. The van der Waals surface area contributed by atoms with E-state index >= 15 is 0 Å². The Morgan fingerprint density at radius 3 is 2.69 bits per heavy atom. The Balaban J connectivity index is 2.28. The molecule has 2 N–H and O–H groups in total. The van der Waals surface area contributed by atoms with E-state index < -0.39 is 0 Å². The lowest BCUT2D eigenvalue weighted by atomic mass is 10.1. The van der Waals surface area contributed by atoms with Gasteiger partial charge in [0.05, 0.1) is 12.3 Å². The summed E-state index contributed by atoms with van der Waals surface area (Å²) in [5.74, 6) is 5.63. The zero-order valence-electron chi connectivity index (χ0n) is 7.22. The first-order chi connectivity index (χ1) is 6.36. The minimum atomic E-state index is 0.667. The highest BCUT2D eigenvalue weighted by atomic mass is 15.4. The number of benzene rings is 1. The number of nitrogens with two attached hydrogens (primary N) is 1. The van der Waals surface area contributed by atoms with E-state index in [1.54, 1.807) is 17.4 Å². The van der Waals surface area contributed by atoms with E-state index in [0.29, 0.717) is 6.54 Å². The summed E-state index contributed by atoms with van der Waals surface area (Å²) < 4.78 is 0. The molecule has 0 unspecified atom stereocenters. The van der Waals surface area contributed by atoms with Gasteiger partial charge in [-0.1, -0.05) is 30.3 Å². The molecular formula is C10H11N3. The fraction of sp³-hybridized carbons (Fsp3) is 0.100. The SMILES string of the molecule is NN1C=CN=C(c2ccccc2)C1. The van der Waals surface area contributed by atoms with Crippen LogP contribution in [0.5, 0.6) is 0 Å². The molecule has 0 spiro atoms. The second-order valence-electron chi connectivity index (χ2n) is 2.91. The lowest BCUT2D eigenvalue weighted by Crippen LogP contribution is -2.33. The average Bonchev–Trinajstić information content (AvgIpc) is 2.19. The summed E-state index contributed by atoms with van der Waals surface area (Å²) in [6, 6.07) is 10.1. The Hall–Kier alpha value is -1.61. The monoisotopic (exact) mass is 173 g/mol. The predicted molar refractivity (Wildman–Crippen MR) is 53.0 cm³/mol. The first kappa shape index (κ1) is 8.01. The molecule has 3 nitrogen and oxygen atoms in total. The van der Waals surface area contributed by atoms with Crippen molar-refractivity contribution < 1.29 is 0 Å². The Morgan fingerprint density at radius 2 is 2.00 bits per heavy atom. The molecule has 0 atom stereocenters. The molecule has 1 aromatic carbocycles. The lowest BCUT2D eigenvalue weighted by molar-refractivity contribution is 0.445. The van der Waals surface area contributed by atoms with Gasteiger partial charge in [-0.15, -0.1) is 0 Å². The minimum Gasteiger partial charge on any atom is -0.311 e. The lowest BCUT2D eigenvalue weighted by Gasteiger charge is -2.17. The molecule has 0 aromatic heterocycles. The molecule has 0 saturated heterocycles. The van der Waals surface area contributed by atoms with Crippen molar-refractivity contribution in [2.24, 2.45) is 10.8 Å². The molecule has 66 valence electrons. The van der Waals surface area contributed by atoms with Gasteiger partial charge < -0.3 is 5.01 Å². The molecule has 3 heteroatoms. The van der Waals surface area contributed by atoms with E-state index in [-0.39, 0.29) is 0 Å². The van der Waals surface area contributed by atoms with Crippen molar-refractivity contribution in [1.82, 2.24) is 5.01 Å². The smallest absolute Gasteiger partial charge is 0.0764 e.